The maximum Gasteiger partial charge on any atom is 0.265 e. The van der Waals surface area contributed by atoms with E-state index in [0.717, 1.165) is 28.1 Å². The number of hydrogen-bond donors (Lipinski definition) is 3. The molecule has 4 rings (SSSR count). The highest BCUT2D eigenvalue weighted by Gasteiger charge is 2.24. The molecule has 1 aromatic heterocycles. The van der Waals surface area contributed by atoms with Crippen LogP contribution >= 0.6 is 11.3 Å². The van der Waals surface area contributed by atoms with Gasteiger partial charge in [0.2, 0.25) is 0 Å². The van der Waals surface area contributed by atoms with Crippen LogP contribution in [-0.2, 0) is 4.79 Å². The zero-order chi connectivity index (χ0) is 21.6. The van der Waals surface area contributed by atoms with Crippen molar-refractivity contribution in [2.24, 2.45) is 4.99 Å². The van der Waals surface area contributed by atoms with Gasteiger partial charge in [0.05, 0.1) is 5.69 Å². The Kier molecular flexibility index (Phi) is 6.69. The summed E-state index contributed by atoms with van der Waals surface area (Å²) in [6.45, 7) is 1.67. The number of ether oxygens (including phenoxy) is 1. The molecule has 8 heteroatoms. The zero-order valence-corrected chi connectivity index (χ0v) is 18.2. The first-order chi connectivity index (χ1) is 15.2. The van der Waals surface area contributed by atoms with E-state index in [-0.39, 0.29) is 12.5 Å². The van der Waals surface area contributed by atoms with Gasteiger partial charge in [-0.15, -0.1) is 11.3 Å². The summed E-state index contributed by atoms with van der Waals surface area (Å²) in [5.41, 5.74) is 0.813. The highest BCUT2D eigenvalue weighted by molar-refractivity contribution is 7.19. The summed E-state index contributed by atoms with van der Waals surface area (Å²) in [5.74, 6) is 1.32. The van der Waals surface area contributed by atoms with Gasteiger partial charge in [-0.25, -0.2) is 0 Å². The molecular formula is C23H26N4O3S. The van der Waals surface area contributed by atoms with Crippen LogP contribution in [0.3, 0.4) is 0 Å². The number of nitrogens with one attached hydrogen (secondary N) is 2. The lowest BCUT2D eigenvalue weighted by atomic mass is 10.2. The SMILES string of the molecule is CN=C(NCCCN1C(=O)COc2ccccc21)NCC(O)c1cc2ccccc2s1. The number of anilines is 1. The van der Waals surface area contributed by atoms with Crippen LogP contribution in [0.25, 0.3) is 10.1 Å². The van der Waals surface area contributed by atoms with Gasteiger partial charge >= 0.3 is 0 Å². The van der Waals surface area contributed by atoms with Crippen LogP contribution in [0.5, 0.6) is 5.75 Å². The number of amides is 1. The lowest BCUT2D eigenvalue weighted by Crippen LogP contribution is -2.42. The molecule has 162 valence electrons. The fraction of sp³-hybridized carbons (Fsp3) is 0.304. The lowest BCUT2D eigenvalue weighted by molar-refractivity contribution is -0.121. The van der Waals surface area contributed by atoms with Crippen molar-refractivity contribution in [3.05, 3.63) is 59.5 Å². The van der Waals surface area contributed by atoms with Crippen molar-refractivity contribution in [2.45, 2.75) is 12.5 Å². The molecule has 0 radical (unpaired) electrons. The molecule has 1 atom stereocenters. The second kappa shape index (κ2) is 9.80. The molecule has 1 amide bonds. The first kappa shape index (κ1) is 21.1. The minimum atomic E-state index is -0.613. The summed E-state index contributed by atoms with van der Waals surface area (Å²) in [5, 5.41) is 18.1. The topological polar surface area (TPSA) is 86.2 Å². The van der Waals surface area contributed by atoms with Gasteiger partial charge in [0.25, 0.3) is 5.91 Å². The minimum Gasteiger partial charge on any atom is -0.482 e. The molecule has 0 bridgehead atoms. The number of benzene rings is 2. The molecule has 0 spiro atoms. The van der Waals surface area contributed by atoms with Crippen LogP contribution in [0.15, 0.2) is 59.6 Å². The van der Waals surface area contributed by atoms with E-state index in [4.69, 9.17) is 4.74 Å². The molecular weight excluding hydrogens is 412 g/mol. The number of fused-ring (bicyclic) bond motifs is 2. The number of thiophene rings is 1. The Morgan fingerprint density at radius 1 is 1.23 bits per heavy atom. The molecule has 7 nitrogen and oxygen atoms in total. The highest BCUT2D eigenvalue weighted by Crippen LogP contribution is 2.31. The third-order valence-corrected chi connectivity index (χ3v) is 6.34. The van der Waals surface area contributed by atoms with Crippen LogP contribution < -0.4 is 20.3 Å². The van der Waals surface area contributed by atoms with Crippen molar-refractivity contribution < 1.29 is 14.6 Å². The van der Waals surface area contributed by atoms with E-state index in [0.29, 0.717) is 25.6 Å². The van der Waals surface area contributed by atoms with Gasteiger partial charge in [-0.3, -0.25) is 9.79 Å². The number of guanidine groups is 1. The molecule has 0 aliphatic carbocycles. The molecule has 0 saturated carbocycles. The molecule has 0 saturated heterocycles. The molecule has 3 N–H and O–H groups in total. The first-order valence-corrected chi connectivity index (χ1v) is 11.1. The third-order valence-electron chi connectivity index (χ3n) is 5.12. The maximum absolute atomic E-state index is 12.2. The predicted octanol–water partition coefficient (Wildman–Crippen LogP) is 2.92. The van der Waals surface area contributed by atoms with Crippen LogP contribution in [0.1, 0.15) is 17.4 Å². The summed E-state index contributed by atoms with van der Waals surface area (Å²) >= 11 is 1.60. The Morgan fingerprint density at radius 2 is 2.03 bits per heavy atom. The Labute approximate surface area is 185 Å². The van der Waals surface area contributed by atoms with Crippen molar-refractivity contribution in [1.29, 1.82) is 0 Å². The normalized spacial score (nSPS) is 14.8. The van der Waals surface area contributed by atoms with E-state index in [1.54, 1.807) is 23.3 Å². The number of nitrogens with zero attached hydrogens (tertiary/aromatic N) is 2. The van der Waals surface area contributed by atoms with Gasteiger partial charge in [0, 0.05) is 36.3 Å². The van der Waals surface area contributed by atoms with Crippen molar-refractivity contribution in [1.82, 2.24) is 10.6 Å². The smallest absolute Gasteiger partial charge is 0.265 e. The molecule has 3 aromatic rings. The summed E-state index contributed by atoms with van der Waals surface area (Å²) in [7, 11) is 1.70. The molecule has 1 aliphatic rings. The van der Waals surface area contributed by atoms with Gasteiger partial charge in [-0.1, -0.05) is 30.3 Å². The van der Waals surface area contributed by atoms with E-state index >= 15 is 0 Å². The molecule has 1 unspecified atom stereocenters. The first-order valence-electron chi connectivity index (χ1n) is 10.3. The van der Waals surface area contributed by atoms with Gasteiger partial charge < -0.3 is 25.4 Å². The fourth-order valence-electron chi connectivity index (χ4n) is 3.52. The van der Waals surface area contributed by atoms with Gasteiger partial charge in [-0.05, 0) is 36.1 Å². The Balaban J connectivity index is 1.24. The van der Waals surface area contributed by atoms with Crippen molar-refractivity contribution in [2.75, 3.05) is 38.2 Å². The van der Waals surface area contributed by atoms with E-state index in [9.17, 15) is 9.90 Å². The fourth-order valence-corrected chi connectivity index (χ4v) is 4.57. The van der Waals surface area contributed by atoms with Crippen molar-refractivity contribution in [3.63, 3.8) is 0 Å². The monoisotopic (exact) mass is 438 g/mol. The number of carbonyl (C=O) groups excluding carboxylic acids is 1. The molecule has 2 heterocycles. The number of aliphatic imine (C=N–C) groups is 1. The average Bonchev–Trinajstić information content (AvgIpc) is 3.24. The third kappa shape index (κ3) is 4.98. The molecule has 2 aromatic carbocycles. The predicted molar refractivity (Wildman–Crippen MR) is 125 cm³/mol. The number of hydrogen-bond acceptors (Lipinski definition) is 5. The molecule has 0 fully saturated rings. The van der Waals surface area contributed by atoms with Crippen LogP contribution in [0.2, 0.25) is 0 Å². The number of para-hydroxylation sites is 2. The molecule has 1 aliphatic heterocycles. The van der Waals surface area contributed by atoms with Gasteiger partial charge in [0.15, 0.2) is 12.6 Å². The van der Waals surface area contributed by atoms with Crippen molar-refractivity contribution in [3.8, 4) is 5.75 Å². The van der Waals surface area contributed by atoms with E-state index < -0.39 is 6.10 Å². The Hall–Kier alpha value is -3.10. The second-order valence-corrected chi connectivity index (χ2v) is 8.35. The van der Waals surface area contributed by atoms with Crippen molar-refractivity contribution >= 4 is 39.0 Å². The number of carbonyl (C=O) groups is 1. The van der Waals surface area contributed by atoms with Crippen LogP contribution in [-0.4, -0.2) is 50.3 Å². The van der Waals surface area contributed by atoms with E-state index in [1.165, 1.54) is 4.70 Å². The minimum absolute atomic E-state index is 0.0346. The summed E-state index contributed by atoms with van der Waals surface area (Å²) in [6, 6.07) is 17.7. The van der Waals surface area contributed by atoms with Gasteiger partial charge in [0.1, 0.15) is 11.9 Å². The zero-order valence-electron chi connectivity index (χ0n) is 17.4. The maximum atomic E-state index is 12.2. The largest absolute Gasteiger partial charge is 0.482 e. The van der Waals surface area contributed by atoms with E-state index in [2.05, 4.69) is 21.7 Å². The quantitative estimate of drug-likeness (QED) is 0.300. The number of aliphatic hydroxyl groups is 1. The summed E-state index contributed by atoms with van der Waals surface area (Å²) in [4.78, 5) is 19.1. The van der Waals surface area contributed by atoms with Crippen LogP contribution in [0, 0.1) is 0 Å². The number of aliphatic hydroxyl groups excluding tert-OH is 1. The Bertz CT molecular complexity index is 1050. The average molecular weight is 439 g/mol. The Morgan fingerprint density at radius 3 is 2.87 bits per heavy atom. The van der Waals surface area contributed by atoms with Crippen LogP contribution in [0.4, 0.5) is 5.69 Å². The number of rotatable bonds is 7. The molecule has 31 heavy (non-hydrogen) atoms. The van der Waals surface area contributed by atoms with E-state index in [1.807, 2.05) is 48.5 Å². The highest BCUT2D eigenvalue weighted by atomic mass is 32.1. The summed E-state index contributed by atoms with van der Waals surface area (Å²) in [6.07, 6.45) is 0.137. The summed E-state index contributed by atoms with van der Waals surface area (Å²) < 4.78 is 6.64. The van der Waals surface area contributed by atoms with Gasteiger partial charge in [-0.2, -0.15) is 0 Å². The standard InChI is InChI=1S/C23H26N4O3S/c1-24-23(26-14-18(28)21-13-16-7-2-5-10-20(16)31-21)25-11-6-12-27-17-8-3-4-9-19(17)30-15-22(27)29/h2-5,7-10,13,18,28H,6,11-12,14-15H2,1H3,(H2,24,25,26). The lowest BCUT2D eigenvalue weighted by Gasteiger charge is -2.29. The second-order valence-electron chi connectivity index (χ2n) is 7.24.